The number of hydrogen-bond donors (Lipinski definition) is 2. The number of nitrogens with zero attached hydrogens (tertiary/aromatic N) is 2. The van der Waals surface area contributed by atoms with Crippen LogP contribution in [-0.2, 0) is 11.3 Å². The molecule has 112 valence electrons. The minimum absolute atomic E-state index is 0.0679. The molecule has 1 fully saturated rings. The third kappa shape index (κ3) is 4.55. The first kappa shape index (κ1) is 15.5. The van der Waals surface area contributed by atoms with Crippen LogP contribution in [0, 0.1) is 17.2 Å². The molecule has 1 aliphatic rings. The number of likely N-dealkylation sites (tertiary alicyclic amines) is 1. The molecule has 2 rings (SSSR count). The first-order valence-electron chi connectivity index (χ1n) is 7.33. The molecular weight excluding hydrogens is 266 g/mol. The Morgan fingerprint density at radius 2 is 2.00 bits per heavy atom. The Labute approximate surface area is 125 Å². The summed E-state index contributed by atoms with van der Waals surface area (Å²) < 4.78 is 0. The Balaban J connectivity index is 1.76. The van der Waals surface area contributed by atoms with Crippen molar-refractivity contribution in [3.63, 3.8) is 0 Å². The molecular formula is C16H21N3O2. The number of nitrogens with one attached hydrogen (secondary N) is 1. The van der Waals surface area contributed by atoms with Crippen molar-refractivity contribution in [2.75, 3.05) is 26.2 Å². The predicted octanol–water partition coefficient (Wildman–Crippen LogP) is 0.879. The van der Waals surface area contributed by atoms with Gasteiger partial charge < -0.3 is 15.3 Å². The molecule has 1 aromatic carbocycles. The first-order valence-corrected chi connectivity index (χ1v) is 7.33. The number of nitriles is 1. The van der Waals surface area contributed by atoms with Gasteiger partial charge in [0, 0.05) is 19.0 Å². The summed E-state index contributed by atoms with van der Waals surface area (Å²) in [7, 11) is 0. The third-order valence-electron chi connectivity index (χ3n) is 3.92. The zero-order valence-electron chi connectivity index (χ0n) is 12.1. The average molecular weight is 287 g/mol. The summed E-state index contributed by atoms with van der Waals surface area (Å²) in [6.45, 7) is 3.11. The fourth-order valence-corrected chi connectivity index (χ4v) is 2.59. The zero-order chi connectivity index (χ0) is 15.1. The number of hydrogen-bond acceptors (Lipinski definition) is 4. The Kier molecular flexibility index (Phi) is 5.73. The largest absolute Gasteiger partial charge is 0.395 e. The van der Waals surface area contributed by atoms with E-state index >= 15 is 0 Å². The Morgan fingerprint density at radius 3 is 2.57 bits per heavy atom. The molecule has 0 radical (unpaired) electrons. The van der Waals surface area contributed by atoms with Gasteiger partial charge in [0.25, 0.3) is 0 Å². The van der Waals surface area contributed by atoms with E-state index in [2.05, 4.69) is 16.3 Å². The smallest absolute Gasteiger partial charge is 0.223 e. The van der Waals surface area contributed by atoms with Crippen molar-refractivity contribution < 1.29 is 9.90 Å². The van der Waals surface area contributed by atoms with Gasteiger partial charge >= 0.3 is 0 Å². The standard InChI is InChI=1S/C16H21N3O2/c17-11-13-1-3-14(4-2-13)12-18-16(21)15-5-7-19(8-6-15)9-10-20/h1-4,15,20H,5-10,12H2,(H,18,21). The molecule has 5 nitrogen and oxygen atoms in total. The number of piperidine rings is 1. The highest BCUT2D eigenvalue weighted by Crippen LogP contribution is 2.17. The van der Waals surface area contributed by atoms with E-state index in [0.29, 0.717) is 18.7 Å². The molecule has 1 heterocycles. The van der Waals surface area contributed by atoms with Gasteiger partial charge in [-0.15, -0.1) is 0 Å². The SMILES string of the molecule is N#Cc1ccc(CNC(=O)C2CCN(CCO)CC2)cc1. The van der Waals surface area contributed by atoms with Crippen LogP contribution in [0.1, 0.15) is 24.0 Å². The average Bonchev–Trinajstić information content (AvgIpc) is 2.54. The molecule has 5 heteroatoms. The monoisotopic (exact) mass is 287 g/mol. The molecule has 21 heavy (non-hydrogen) atoms. The Bertz CT molecular complexity index is 499. The highest BCUT2D eigenvalue weighted by Gasteiger charge is 2.24. The van der Waals surface area contributed by atoms with Crippen LogP contribution in [0.4, 0.5) is 0 Å². The van der Waals surface area contributed by atoms with E-state index in [9.17, 15) is 4.79 Å². The molecule has 1 aliphatic heterocycles. The van der Waals surface area contributed by atoms with Crippen molar-refractivity contribution in [3.8, 4) is 6.07 Å². The fraction of sp³-hybridized carbons (Fsp3) is 0.500. The van der Waals surface area contributed by atoms with Crippen LogP contribution in [0.5, 0.6) is 0 Å². The van der Waals surface area contributed by atoms with Gasteiger partial charge in [0.2, 0.25) is 5.91 Å². The number of rotatable bonds is 5. The number of carbonyl (C=O) groups is 1. The summed E-state index contributed by atoms with van der Waals surface area (Å²) in [5.74, 6) is 0.168. The van der Waals surface area contributed by atoms with E-state index in [1.54, 1.807) is 12.1 Å². The van der Waals surface area contributed by atoms with Gasteiger partial charge in [-0.05, 0) is 43.6 Å². The number of β-amino-alcohol motifs (C(OH)–C–C–N with tert-alkyl or cyclic N) is 1. The maximum atomic E-state index is 12.1. The fourth-order valence-electron chi connectivity index (χ4n) is 2.59. The second-order valence-corrected chi connectivity index (χ2v) is 5.37. The van der Waals surface area contributed by atoms with Crippen LogP contribution in [0.2, 0.25) is 0 Å². The highest BCUT2D eigenvalue weighted by atomic mass is 16.3. The minimum atomic E-state index is 0.0679. The molecule has 1 saturated heterocycles. The lowest BCUT2D eigenvalue weighted by Gasteiger charge is -2.30. The van der Waals surface area contributed by atoms with Crippen molar-refractivity contribution in [1.29, 1.82) is 5.26 Å². The van der Waals surface area contributed by atoms with Gasteiger partial charge in [0.05, 0.1) is 18.2 Å². The molecule has 0 saturated carbocycles. The van der Waals surface area contributed by atoms with Gasteiger partial charge in [-0.2, -0.15) is 5.26 Å². The van der Waals surface area contributed by atoms with E-state index in [-0.39, 0.29) is 18.4 Å². The molecule has 2 N–H and O–H groups in total. The van der Waals surface area contributed by atoms with E-state index < -0.39 is 0 Å². The molecule has 0 bridgehead atoms. The summed E-state index contributed by atoms with van der Waals surface area (Å²) in [6.07, 6.45) is 1.69. The summed E-state index contributed by atoms with van der Waals surface area (Å²) in [6, 6.07) is 9.32. The number of aliphatic hydroxyl groups is 1. The second kappa shape index (κ2) is 7.77. The van der Waals surface area contributed by atoms with E-state index in [0.717, 1.165) is 31.5 Å². The van der Waals surface area contributed by atoms with Gasteiger partial charge in [-0.25, -0.2) is 0 Å². The maximum Gasteiger partial charge on any atom is 0.223 e. The van der Waals surface area contributed by atoms with E-state index in [1.807, 2.05) is 12.1 Å². The van der Waals surface area contributed by atoms with Crippen LogP contribution in [0.25, 0.3) is 0 Å². The number of amides is 1. The van der Waals surface area contributed by atoms with Crippen LogP contribution in [0.3, 0.4) is 0 Å². The summed E-state index contributed by atoms with van der Waals surface area (Å²) in [5, 5.41) is 20.6. The summed E-state index contributed by atoms with van der Waals surface area (Å²) in [4.78, 5) is 14.3. The topological polar surface area (TPSA) is 76.4 Å². The van der Waals surface area contributed by atoms with Crippen molar-refractivity contribution in [3.05, 3.63) is 35.4 Å². The van der Waals surface area contributed by atoms with Crippen LogP contribution in [0.15, 0.2) is 24.3 Å². The lowest BCUT2D eigenvalue weighted by molar-refractivity contribution is -0.126. The van der Waals surface area contributed by atoms with Crippen LogP contribution in [-0.4, -0.2) is 42.2 Å². The van der Waals surface area contributed by atoms with Crippen LogP contribution < -0.4 is 5.32 Å². The molecule has 0 atom stereocenters. The highest BCUT2D eigenvalue weighted by molar-refractivity contribution is 5.78. The first-order chi connectivity index (χ1) is 10.2. The lowest BCUT2D eigenvalue weighted by Crippen LogP contribution is -2.41. The van der Waals surface area contributed by atoms with Gasteiger partial charge in [-0.1, -0.05) is 12.1 Å². The van der Waals surface area contributed by atoms with E-state index in [4.69, 9.17) is 10.4 Å². The van der Waals surface area contributed by atoms with Gasteiger partial charge in [0.15, 0.2) is 0 Å². The summed E-state index contributed by atoms with van der Waals surface area (Å²) >= 11 is 0. The normalized spacial score (nSPS) is 16.4. The van der Waals surface area contributed by atoms with Crippen LogP contribution >= 0.6 is 0 Å². The Hall–Kier alpha value is -1.90. The number of benzene rings is 1. The second-order valence-electron chi connectivity index (χ2n) is 5.37. The number of carbonyl (C=O) groups excluding carboxylic acids is 1. The molecule has 1 aromatic rings. The quantitative estimate of drug-likeness (QED) is 0.843. The Morgan fingerprint density at radius 1 is 1.33 bits per heavy atom. The van der Waals surface area contributed by atoms with Crippen molar-refractivity contribution in [2.45, 2.75) is 19.4 Å². The van der Waals surface area contributed by atoms with Gasteiger partial charge in [0.1, 0.15) is 0 Å². The van der Waals surface area contributed by atoms with Gasteiger partial charge in [-0.3, -0.25) is 4.79 Å². The maximum absolute atomic E-state index is 12.1. The molecule has 0 unspecified atom stereocenters. The lowest BCUT2D eigenvalue weighted by atomic mass is 9.96. The molecule has 0 aromatic heterocycles. The minimum Gasteiger partial charge on any atom is -0.395 e. The summed E-state index contributed by atoms with van der Waals surface area (Å²) in [5.41, 5.74) is 1.63. The predicted molar refractivity (Wildman–Crippen MR) is 79.3 cm³/mol. The van der Waals surface area contributed by atoms with Crippen molar-refractivity contribution in [2.24, 2.45) is 5.92 Å². The van der Waals surface area contributed by atoms with Crippen molar-refractivity contribution >= 4 is 5.91 Å². The third-order valence-corrected chi connectivity index (χ3v) is 3.92. The van der Waals surface area contributed by atoms with Crippen molar-refractivity contribution in [1.82, 2.24) is 10.2 Å². The molecule has 1 amide bonds. The molecule has 0 spiro atoms. The van der Waals surface area contributed by atoms with E-state index in [1.165, 1.54) is 0 Å². The molecule has 0 aliphatic carbocycles. The zero-order valence-corrected chi connectivity index (χ0v) is 12.1. The number of aliphatic hydroxyl groups excluding tert-OH is 1.